The number of nitrogen functional groups attached to an aromatic ring is 1. The van der Waals surface area contributed by atoms with E-state index in [2.05, 4.69) is 0 Å². The molecule has 1 rings (SSSR count). The van der Waals surface area contributed by atoms with Gasteiger partial charge in [-0.05, 0) is 32.9 Å². The fourth-order valence-electron chi connectivity index (χ4n) is 1.83. The number of hydrogen-bond acceptors (Lipinski definition) is 3. The molecule has 0 fully saturated rings. The van der Waals surface area contributed by atoms with Gasteiger partial charge in [-0.15, -0.1) is 0 Å². The number of hydrogen-bond donors (Lipinski definition) is 1. The van der Waals surface area contributed by atoms with Crippen LogP contribution in [0.3, 0.4) is 0 Å². The van der Waals surface area contributed by atoms with Crippen molar-refractivity contribution in [1.82, 2.24) is 4.90 Å². The molecule has 1 aromatic carbocycles. The summed E-state index contributed by atoms with van der Waals surface area (Å²) in [5, 5.41) is 0. The smallest absolute Gasteiger partial charge is 0.259 e. The summed E-state index contributed by atoms with van der Waals surface area (Å²) >= 11 is 0. The first-order valence-corrected chi connectivity index (χ1v) is 5.76. The maximum Gasteiger partial charge on any atom is 0.259 e. The molecule has 0 bridgehead atoms. The van der Waals surface area contributed by atoms with E-state index in [0.29, 0.717) is 23.5 Å². The van der Waals surface area contributed by atoms with Crippen molar-refractivity contribution in [2.45, 2.75) is 26.8 Å². The predicted molar refractivity (Wildman–Crippen MR) is 69.3 cm³/mol. The molecular weight excluding hydrogens is 216 g/mol. The maximum absolute atomic E-state index is 12.4. The molecule has 4 nitrogen and oxygen atoms in total. The molecule has 0 saturated heterocycles. The lowest BCUT2D eigenvalue weighted by atomic mass is 10.1. The van der Waals surface area contributed by atoms with Gasteiger partial charge in [-0.25, -0.2) is 0 Å². The van der Waals surface area contributed by atoms with Crippen LogP contribution in [-0.4, -0.2) is 30.5 Å². The molecule has 1 aromatic rings. The second kappa shape index (κ2) is 5.57. The van der Waals surface area contributed by atoms with Crippen molar-refractivity contribution in [1.29, 1.82) is 0 Å². The minimum absolute atomic E-state index is 0.0857. The second-order valence-electron chi connectivity index (χ2n) is 4.11. The monoisotopic (exact) mass is 236 g/mol. The Hall–Kier alpha value is -1.71. The third kappa shape index (κ3) is 2.70. The number of anilines is 1. The summed E-state index contributed by atoms with van der Waals surface area (Å²) in [6.07, 6.45) is 0. The van der Waals surface area contributed by atoms with E-state index in [4.69, 9.17) is 10.5 Å². The van der Waals surface area contributed by atoms with Gasteiger partial charge in [0.25, 0.3) is 5.91 Å². The summed E-state index contributed by atoms with van der Waals surface area (Å²) in [6.45, 7) is 6.55. The molecule has 0 radical (unpaired) electrons. The molecule has 1 amide bonds. The molecule has 0 aromatic heterocycles. The van der Waals surface area contributed by atoms with Gasteiger partial charge in [0, 0.05) is 18.3 Å². The summed E-state index contributed by atoms with van der Waals surface area (Å²) in [4.78, 5) is 14.1. The van der Waals surface area contributed by atoms with Gasteiger partial charge in [0.15, 0.2) is 0 Å². The van der Waals surface area contributed by atoms with Crippen LogP contribution in [0, 0.1) is 0 Å². The van der Waals surface area contributed by atoms with E-state index >= 15 is 0 Å². The van der Waals surface area contributed by atoms with Crippen molar-refractivity contribution in [3.63, 3.8) is 0 Å². The first kappa shape index (κ1) is 13.4. The lowest BCUT2D eigenvalue weighted by molar-refractivity contribution is 0.0714. The number of nitrogens with zero attached hydrogens (tertiary/aromatic N) is 1. The third-order valence-electron chi connectivity index (χ3n) is 2.72. The highest BCUT2D eigenvalue weighted by molar-refractivity contribution is 6.02. The summed E-state index contributed by atoms with van der Waals surface area (Å²) in [5.74, 6) is 0.437. The average Bonchev–Trinajstić information content (AvgIpc) is 2.28. The van der Waals surface area contributed by atoms with Crippen molar-refractivity contribution in [3.8, 4) is 5.75 Å². The van der Waals surface area contributed by atoms with Gasteiger partial charge in [-0.3, -0.25) is 4.79 Å². The van der Waals surface area contributed by atoms with E-state index in [-0.39, 0.29) is 11.9 Å². The zero-order valence-corrected chi connectivity index (χ0v) is 10.9. The summed E-state index contributed by atoms with van der Waals surface area (Å²) in [7, 11) is 1.54. The van der Waals surface area contributed by atoms with Crippen LogP contribution in [0.1, 0.15) is 31.1 Å². The molecule has 2 N–H and O–H groups in total. The number of rotatable bonds is 4. The standard InChI is InChI=1S/C13H20N2O2/c1-5-15(9(2)3)13(16)12-10(14)7-6-8-11(12)17-4/h6-9H,5,14H2,1-4H3. The van der Waals surface area contributed by atoms with Crippen molar-refractivity contribution in [2.75, 3.05) is 19.4 Å². The van der Waals surface area contributed by atoms with Crippen molar-refractivity contribution >= 4 is 11.6 Å². The highest BCUT2D eigenvalue weighted by Gasteiger charge is 2.22. The number of carbonyl (C=O) groups is 1. The van der Waals surface area contributed by atoms with Crippen LogP contribution >= 0.6 is 0 Å². The number of ether oxygens (including phenoxy) is 1. The van der Waals surface area contributed by atoms with Crippen molar-refractivity contribution in [3.05, 3.63) is 23.8 Å². The van der Waals surface area contributed by atoms with Crippen LogP contribution in [0.4, 0.5) is 5.69 Å². The Balaban J connectivity index is 3.19. The fraction of sp³-hybridized carbons (Fsp3) is 0.462. The normalized spacial score (nSPS) is 10.4. The summed E-state index contributed by atoms with van der Waals surface area (Å²) in [5.41, 5.74) is 6.76. The molecule has 0 saturated carbocycles. The first-order valence-electron chi connectivity index (χ1n) is 5.76. The highest BCUT2D eigenvalue weighted by atomic mass is 16.5. The number of amides is 1. The zero-order chi connectivity index (χ0) is 13.0. The van der Waals surface area contributed by atoms with Crippen LogP contribution in [0.15, 0.2) is 18.2 Å². The van der Waals surface area contributed by atoms with Gasteiger partial charge < -0.3 is 15.4 Å². The molecule has 0 spiro atoms. The van der Waals surface area contributed by atoms with Crippen LogP contribution in [0.25, 0.3) is 0 Å². The lowest BCUT2D eigenvalue weighted by Crippen LogP contribution is -2.37. The van der Waals surface area contributed by atoms with Crippen LogP contribution in [0.5, 0.6) is 5.75 Å². The summed E-state index contributed by atoms with van der Waals surface area (Å²) in [6, 6.07) is 5.37. The Kier molecular flexibility index (Phi) is 4.37. The molecule has 17 heavy (non-hydrogen) atoms. The fourth-order valence-corrected chi connectivity index (χ4v) is 1.83. The second-order valence-corrected chi connectivity index (χ2v) is 4.11. The zero-order valence-electron chi connectivity index (χ0n) is 10.9. The topological polar surface area (TPSA) is 55.6 Å². The van der Waals surface area contributed by atoms with Crippen molar-refractivity contribution in [2.24, 2.45) is 0 Å². The van der Waals surface area contributed by atoms with E-state index in [1.165, 1.54) is 7.11 Å². The minimum Gasteiger partial charge on any atom is -0.496 e. The Morgan fingerprint density at radius 1 is 1.47 bits per heavy atom. The lowest BCUT2D eigenvalue weighted by Gasteiger charge is -2.26. The van der Waals surface area contributed by atoms with Gasteiger partial charge in [-0.2, -0.15) is 0 Å². The molecule has 0 heterocycles. The molecular formula is C13H20N2O2. The van der Waals surface area contributed by atoms with E-state index in [0.717, 1.165) is 0 Å². The molecule has 0 atom stereocenters. The quantitative estimate of drug-likeness (QED) is 0.815. The number of nitrogens with two attached hydrogens (primary N) is 1. The van der Waals surface area contributed by atoms with Crippen LogP contribution in [-0.2, 0) is 0 Å². The van der Waals surface area contributed by atoms with E-state index in [9.17, 15) is 4.79 Å². The Bertz CT molecular complexity index is 402. The molecule has 0 aliphatic heterocycles. The van der Waals surface area contributed by atoms with Crippen molar-refractivity contribution < 1.29 is 9.53 Å². The van der Waals surface area contributed by atoms with E-state index < -0.39 is 0 Å². The van der Waals surface area contributed by atoms with Crippen LogP contribution < -0.4 is 10.5 Å². The van der Waals surface area contributed by atoms with Gasteiger partial charge in [0.05, 0.1) is 7.11 Å². The molecule has 4 heteroatoms. The maximum atomic E-state index is 12.4. The molecule has 0 unspecified atom stereocenters. The first-order chi connectivity index (χ1) is 8.02. The molecule has 94 valence electrons. The van der Waals surface area contributed by atoms with Gasteiger partial charge in [-0.1, -0.05) is 6.07 Å². The van der Waals surface area contributed by atoms with Gasteiger partial charge in [0.2, 0.25) is 0 Å². The third-order valence-corrected chi connectivity index (χ3v) is 2.72. The van der Waals surface area contributed by atoms with Gasteiger partial charge in [0.1, 0.15) is 11.3 Å². The largest absolute Gasteiger partial charge is 0.496 e. The molecule has 0 aliphatic rings. The Morgan fingerprint density at radius 3 is 2.59 bits per heavy atom. The van der Waals surface area contributed by atoms with E-state index in [1.807, 2.05) is 20.8 Å². The number of benzene rings is 1. The molecule has 0 aliphatic carbocycles. The Morgan fingerprint density at radius 2 is 2.12 bits per heavy atom. The SMILES string of the molecule is CCN(C(=O)c1c(N)cccc1OC)C(C)C. The Labute approximate surface area is 102 Å². The van der Waals surface area contributed by atoms with Crippen LogP contribution in [0.2, 0.25) is 0 Å². The number of carbonyl (C=O) groups excluding carboxylic acids is 1. The van der Waals surface area contributed by atoms with E-state index in [1.54, 1.807) is 23.1 Å². The highest BCUT2D eigenvalue weighted by Crippen LogP contribution is 2.26. The number of methoxy groups -OCH3 is 1. The predicted octanol–water partition coefficient (Wildman–Crippen LogP) is 2.15. The van der Waals surface area contributed by atoms with Gasteiger partial charge >= 0.3 is 0 Å². The average molecular weight is 236 g/mol. The minimum atomic E-state index is -0.0857. The summed E-state index contributed by atoms with van der Waals surface area (Å²) < 4.78 is 5.19.